The first-order valence-corrected chi connectivity index (χ1v) is 5.15. The second kappa shape index (κ2) is 5.18. The summed E-state index contributed by atoms with van der Waals surface area (Å²) in [4.78, 5) is 8.20. The monoisotopic (exact) mass is 230 g/mol. The minimum absolute atomic E-state index is 0.470. The van der Waals surface area contributed by atoms with Crippen molar-refractivity contribution in [1.82, 2.24) is 9.97 Å². The number of rotatable bonds is 2. The maximum atomic E-state index is 5.12. The molecule has 0 radical (unpaired) electrons. The molecule has 0 unspecified atom stereocenters. The summed E-state index contributed by atoms with van der Waals surface area (Å²) >= 11 is 5.12. The van der Waals surface area contributed by atoms with Gasteiger partial charge in [-0.25, -0.2) is 9.97 Å². The Bertz CT molecular complexity index is 414. The van der Waals surface area contributed by atoms with Crippen LogP contribution in [-0.2, 0) is 0 Å². The summed E-state index contributed by atoms with van der Waals surface area (Å²) in [7, 11) is 0. The molecule has 2 aromatic rings. The summed E-state index contributed by atoms with van der Waals surface area (Å²) in [5, 5.41) is 6.39. The fourth-order valence-corrected chi connectivity index (χ4v) is 1.35. The number of thiocarbonyl (C=S) groups is 1. The van der Waals surface area contributed by atoms with Crippen LogP contribution in [0.15, 0.2) is 48.8 Å². The molecule has 0 aliphatic heterocycles. The Morgan fingerprint density at radius 3 is 1.75 bits per heavy atom. The number of pyridine rings is 2. The average molecular weight is 230 g/mol. The Labute approximate surface area is 98.8 Å². The molecule has 5 heteroatoms. The van der Waals surface area contributed by atoms with Crippen molar-refractivity contribution in [3.63, 3.8) is 0 Å². The van der Waals surface area contributed by atoms with E-state index in [0.29, 0.717) is 16.7 Å². The van der Waals surface area contributed by atoms with Crippen molar-refractivity contribution in [1.29, 1.82) is 0 Å². The molecule has 0 bridgehead atoms. The van der Waals surface area contributed by atoms with E-state index in [1.807, 2.05) is 36.4 Å². The zero-order chi connectivity index (χ0) is 11.2. The van der Waals surface area contributed by atoms with Crippen LogP contribution in [0, 0.1) is 0 Å². The first-order chi connectivity index (χ1) is 7.84. The number of anilines is 2. The van der Waals surface area contributed by atoms with Gasteiger partial charge in [0.15, 0.2) is 5.11 Å². The van der Waals surface area contributed by atoms with Crippen LogP contribution in [0.25, 0.3) is 0 Å². The lowest BCUT2D eigenvalue weighted by Gasteiger charge is -2.08. The zero-order valence-electron chi connectivity index (χ0n) is 8.42. The molecular weight excluding hydrogens is 220 g/mol. The highest BCUT2D eigenvalue weighted by Gasteiger charge is 1.98. The Morgan fingerprint density at radius 2 is 1.38 bits per heavy atom. The van der Waals surface area contributed by atoms with Gasteiger partial charge in [-0.1, -0.05) is 12.1 Å². The molecule has 2 N–H and O–H groups in total. The molecule has 0 fully saturated rings. The lowest BCUT2D eigenvalue weighted by Crippen LogP contribution is -2.20. The van der Waals surface area contributed by atoms with Crippen LogP contribution >= 0.6 is 12.2 Å². The van der Waals surface area contributed by atoms with Crippen LogP contribution in [0.3, 0.4) is 0 Å². The summed E-state index contributed by atoms with van der Waals surface area (Å²) < 4.78 is 0. The van der Waals surface area contributed by atoms with E-state index in [9.17, 15) is 0 Å². The summed E-state index contributed by atoms with van der Waals surface area (Å²) in [6.45, 7) is 0. The molecular formula is C11H10N4S. The van der Waals surface area contributed by atoms with Gasteiger partial charge in [-0.2, -0.15) is 0 Å². The highest BCUT2D eigenvalue weighted by atomic mass is 32.1. The molecule has 0 aliphatic rings. The first-order valence-electron chi connectivity index (χ1n) is 4.75. The third-order valence-corrected chi connectivity index (χ3v) is 2.02. The zero-order valence-corrected chi connectivity index (χ0v) is 9.24. The van der Waals surface area contributed by atoms with E-state index in [1.54, 1.807) is 12.4 Å². The lowest BCUT2D eigenvalue weighted by molar-refractivity contribution is 1.31. The van der Waals surface area contributed by atoms with Gasteiger partial charge in [0, 0.05) is 12.4 Å². The smallest absolute Gasteiger partial charge is 0.177 e. The highest BCUT2D eigenvalue weighted by molar-refractivity contribution is 7.80. The normalized spacial score (nSPS) is 9.50. The molecule has 2 aromatic heterocycles. The maximum Gasteiger partial charge on any atom is 0.177 e. The molecule has 0 saturated heterocycles. The van der Waals surface area contributed by atoms with Crippen LogP contribution < -0.4 is 10.6 Å². The molecule has 0 spiro atoms. The molecule has 0 saturated carbocycles. The summed E-state index contributed by atoms with van der Waals surface area (Å²) in [5.41, 5.74) is 0. The van der Waals surface area contributed by atoms with Gasteiger partial charge in [0.05, 0.1) is 0 Å². The molecule has 4 nitrogen and oxygen atoms in total. The van der Waals surface area contributed by atoms with Gasteiger partial charge in [0.25, 0.3) is 0 Å². The number of nitrogens with one attached hydrogen (secondary N) is 2. The average Bonchev–Trinajstić information content (AvgIpc) is 2.31. The van der Waals surface area contributed by atoms with Gasteiger partial charge in [-0.15, -0.1) is 0 Å². The minimum Gasteiger partial charge on any atom is -0.317 e. The van der Waals surface area contributed by atoms with E-state index >= 15 is 0 Å². The number of aromatic nitrogens is 2. The second-order valence-electron chi connectivity index (χ2n) is 3.01. The van der Waals surface area contributed by atoms with Crippen LogP contribution in [0.1, 0.15) is 0 Å². The third kappa shape index (κ3) is 2.99. The molecule has 0 aromatic carbocycles. The first kappa shape index (κ1) is 10.5. The van der Waals surface area contributed by atoms with Crippen molar-refractivity contribution in [2.24, 2.45) is 0 Å². The fourth-order valence-electron chi connectivity index (χ4n) is 1.14. The summed E-state index contributed by atoms with van der Waals surface area (Å²) in [6.07, 6.45) is 3.40. The molecule has 2 heterocycles. The topological polar surface area (TPSA) is 49.8 Å². The molecule has 0 amide bonds. The van der Waals surface area contributed by atoms with E-state index in [-0.39, 0.29) is 0 Å². The molecule has 0 aliphatic carbocycles. The van der Waals surface area contributed by atoms with Gasteiger partial charge >= 0.3 is 0 Å². The van der Waals surface area contributed by atoms with E-state index in [1.165, 1.54) is 0 Å². The van der Waals surface area contributed by atoms with E-state index in [0.717, 1.165) is 0 Å². The largest absolute Gasteiger partial charge is 0.317 e. The van der Waals surface area contributed by atoms with Crippen molar-refractivity contribution in [3.05, 3.63) is 48.8 Å². The summed E-state index contributed by atoms with van der Waals surface area (Å²) in [5.74, 6) is 1.41. The number of hydrogen-bond acceptors (Lipinski definition) is 3. The Balaban J connectivity index is 1.95. The Hall–Kier alpha value is -2.01. The van der Waals surface area contributed by atoms with Gasteiger partial charge in [-0.05, 0) is 36.5 Å². The highest BCUT2D eigenvalue weighted by Crippen LogP contribution is 2.03. The number of hydrogen-bond donors (Lipinski definition) is 2. The second-order valence-corrected chi connectivity index (χ2v) is 3.42. The Morgan fingerprint density at radius 1 is 0.875 bits per heavy atom. The van der Waals surface area contributed by atoms with Gasteiger partial charge in [0.1, 0.15) is 11.6 Å². The fraction of sp³-hybridized carbons (Fsp3) is 0. The minimum atomic E-state index is 0.470. The summed E-state index contributed by atoms with van der Waals surface area (Å²) in [6, 6.07) is 11.1. The van der Waals surface area contributed by atoms with Crippen LogP contribution in [-0.4, -0.2) is 15.1 Å². The van der Waals surface area contributed by atoms with Crippen molar-refractivity contribution in [2.75, 3.05) is 10.6 Å². The molecule has 80 valence electrons. The lowest BCUT2D eigenvalue weighted by atomic mass is 10.4. The quantitative estimate of drug-likeness (QED) is 0.775. The molecule has 0 atom stereocenters. The molecule has 16 heavy (non-hydrogen) atoms. The number of nitrogens with zero attached hydrogens (tertiary/aromatic N) is 2. The Kier molecular flexibility index (Phi) is 3.40. The van der Waals surface area contributed by atoms with E-state index < -0.39 is 0 Å². The van der Waals surface area contributed by atoms with E-state index in [4.69, 9.17) is 12.2 Å². The van der Waals surface area contributed by atoms with Crippen molar-refractivity contribution in [2.45, 2.75) is 0 Å². The van der Waals surface area contributed by atoms with Gasteiger partial charge < -0.3 is 10.6 Å². The van der Waals surface area contributed by atoms with Gasteiger partial charge in [-0.3, -0.25) is 0 Å². The standard InChI is InChI=1S/C11H10N4S/c16-11(14-9-5-1-3-7-12-9)15-10-6-2-4-8-13-10/h1-8H,(H2,12,13,14,15,16). The SMILES string of the molecule is S=C(Nc1ccccn1)Nc1ccccn1. The van der Waals surface area contributed by atoms with E-state index in [2.05, 4.69) is 20.6 Å². The van der Waals surface area contributed by atoms with Gasteiger partial charge in [0.2, 0.25) is 0 Å². The third-order valence-electron chi connectivity index (χ3n) is 1.81. The van der Waals surface area contributed by atoms with Crippen LogP contribution in [0.4, 0.5) is 11.6 Å². The predicted octanol–water partition coefficient (Wildman–Crippen LogP) is 2.29. The predicted molar refractivity (Wildman–Crippen MR) is 68.3 cm³/mol. The molecule has 2 rings (SSSR count). The maximum absolute atomic E-state index is 5.12. The van der Waals surface area contributed by atoms with Crippen molar-refractivity contribution >= 4 is 29.0 Å². The van der Waals surface area contributed by atoms with Crippen molar-refractivity contribution in [3.8, 4) is 0 Å². The van der Waals surface area contributed by atoms with Crippen LogP contribution in [0.2, 0.25) is 0 Å². The van der Waals surface area contributed by atoms with Crippen LogP contribution in [0.5, 0.6) is 0 Å². The van der Waals surface area contributed by atoms with Crippen molar-refractivity contribution < 1.29 is 0 Å².